The van der Waals surface area contributed by atoms with Gasteiger partial charge in [0, 0.05) is 30.2 Å². The first-order chi connectivity index (χ1) is 16.0. The molecule has 0 atom stereocenters. The average Bonchev–Trinajstić information content (AvgIpc) is 3.21. The molecule has 1 aromatic heterocycles. The number of nitrogens with one attached hydrogen (secondary N) is 1. The predicted molar refractivity (Wildman–Crippen MR) is 124 cm³/mol. The second-order valence-corrected chi connectivity index (χ2v) is 7.96. The number of para-hydroxylation sites is 2. The van der Waals surface area contributed by atoms with Crippen LogP contribution in [0.4, 0.5) is 0 Å². The zero-order valence-corrected chi connectivity index (χ0v) is 18.7. The lowest BCUT2D eigenvalue weighted by Gasteiger charge is -2.25. The summed E-state index contributed by atoms with van der Waals surface area (Å²) in [7, 11) is 0. The minimum Gasteiger partial charge on any atom is -0.490 e. The number of nitrogens with zero attached hydrogens (tertiary/aromatic N) is 2. The summed E-state index contributed by atoms with van der Waals surface area (Å²) in [5.74, 6) is -0.822. The first-order valence-corrected chi connectivity index (χ1v) is 11.1. The Morgan fingerprint density at radius 3 is 2.55 bits per heavy atom. The summed E-state index contributed by atoms with van der Waals surface area (Å²) >= 11 is 6.05. The molecule has 0 bridgehead atoms. The lowest BCUT2D eigenvalue weighted by molar-refractivity contribution is -0.130. The number of Topliss-reactive ketones (excluding diaryl/α,β-unsaturated/α-hetero) is 1. The van der Waals surface area contributed by atoms with Crippen molar-refractivity contribution in [2.24, 2.45) is 0 Å². The van der Waals surface area contributed by atoms with Gasteiger partial charge >= 0.3 is 0 Å². The minimum atomic E-state index is -0.583. The third kappa shape index (κ3) is 5.35. The second-order valence-electron chi connectivity index (χ2n) is 7.55. The molecule has 1 aliphatic heterocycles. The molecular formula is C24H24ClN3O5. The molecule has 4 rings (SSSR count). The second kappa shape index (κ2) is 10.5. The van der Waals surface area contributed by atoms with Gasteiger partial charge in [0.25, 0.3) is 11.7 Å². The van der Waals surface area contributed by atoms with Gasteiger partial charge in [-0.2, -0.15) is 0 Å². The number of morpholine rings is 1. The van der Waals surface area contributed by atoms with E-state index in [2.05, 4.69) is 5.32 Å². The number of halogens is 1. The molecule has 8 nitrogen and oxygen atoms in total. The van der Waals surface area contributed by atoms with Crippen molar-refractivity contribution in [3.05, 3.63) is 65.3 Å². The summed E-state index contributed by atoms with van der Waals surface area (Å²) in [4.78, 5) is 39.7. The zero-order valence-electron chi connectivity index (χ0n) is 18.0. The van der Waals surface area contributed by atoms with Crippen molar-refractivity contribution >= 4 is 40.1 Å². The normalized spacial score (nSPS) is 13.7. The van der Waals surface area contributed by atoms with E-state index in [9.17, 15) is 14.4 Å². The lowest BCUT2D eigenvalue weighted by Crippen LogP contribution is -2.44. The van der Waals surface area contributed by atoms with Crippen LogP contribution in [-0.2, 0) is 20.9 Å². The van der Waals surface area contributed by atoms with Crippen LogP contribution in [0.15, 0.2) is 54.7 Å². The van der Waals surface area contributed by atoms with Crippen LogP contribution in [0.25, 0.3) is 10.9 Å². The summed E-state index contributed by atoms with van der Waals surface area (Å²) < 4.78 is 12.5. The maximum Gasteiger partial charge on any atom is 0.295 e. The number of rotatable bonds is 8. The van der Waals surface area contributed by atoms with Crippen LogP contribution in [0.5, 0.6) is 5.75 Å². The van der Waals surface area contributed by atoms with Crippen molar-refractivity contribution in [3.63, 3.8) is 0 Å². The van der Waals surface area contributed by atoms with Gasteiger partial charge in [0.05, 0.1) is 30.3 Å². The highest BCUT2D eigenvalue weighted by molar-refractivity contribution is 6.44. The Morgan fingerprint density at radius 2 is 1.76 bits per heavy atom. The molecule has 3 aromatic rings. The standard InChI is InChI=1S/C24H24ClN3O5/c25-19-6-2-4-8-21(19)33-12-9-26-22(29)16-28-15-18(17-5-1-3-7-20(17)28)23(30)24(31)27-10-13-32-14-11-27/h1-8,15H,9-14,16H2,(H,26,29). The number of carbonyl (C=O) groups excluding carboxylic acids is 3. The predicted octanol–water partition coefficient (Wildman–Crippen LogP) is 2.53. The Bertz CT molecular complexity index is 1170. The first kappa shape index (κ1) is 22.8. The molecule has 0 aliphatic carbocycles. The number of benzene rings is 2. The van der Waals surface area contributed by atoms with Gasteiger partial charge in [0.1, 0.15) is 18.9 Å². The van der Waals surface area contributed by atoms with Crippen LogP contribution in [0, 0.1) is 0 Å². The first-order valence-electron chi connectivity index (χ1n) is 10.7. The Morgan fingerprint density at radius 1 is 1.03 bits per heavy atom. The van der Waals surface area contributed by atoms with Crippen LogP contribution >= 0.6 is 11.6 Å². The van der Waals surface area contributed by atoms with Crippen LogP contribution in [0.2, 0.25) is 5.02 Å². The third-order valence-corrected chi connectivity index (χ3v) is 5.67. The van der Waals surface area contributed by atoms with Crippen molar-refractivity contribution in [1.82, 2.24) is 14.8 Å². The molecule has 1 saturated heterocycles. The van der Waals surface area contributed by atoms with Gasteiger partial charge in [0.2, 0.25) is 5.91 Å². The molecule has 2 amide bonds. The largest absolute Gasteiger partial charge is 0.490 e. The molecule has 0 radical (unpaired) electrons. The summed E-state index contributed by atoms with van der Waals surface area (Å²) in [6.07, 6.45) is 1.57. The summed E-state index contributed by atoms with van der Waals surface area (Å²) in [6, 6.07) is 14.3. The molecule has 0 saturated carbocycles. The number of amides is 2. The molecule has 1 N–H and O–H groups in total. The summed E-state index contributed by atoms with van der Waals surface area (Å²) in [6.45, 7) is 2.18. The van der Waals surface area contributed by atoms with Crippen LogP contribution < -0.4 is 10.1 Å². The number of ether oxygens (including phenoxy) is 2. The molecule has 172 valence electrons. The average molecular weight is 470 g/mol. The van der Waals surface area contributed by atoms with Gasteiger partial charge in [-0.15, -0.1) is 0 Å². The Labute approximate surface area is 196 Å². The van der Waals surface area contributed by atoms with E-state index in [4.69, 9.17) is 21.1 Å². The van der Waals surface area contributed by atoms with E-state index in [1.807, 2.05) is 24.3 Å². The Hall–Kier alpha value is -3.36. The van der Waals surface area contributed by atoms with Gasteiger partial charge in [-0.3, -0.25) is 14.4 Å². The molecule has 33 heavy (non-hydrogen) atoms. The molecule has 2 aromatic carbocycles. The molecule has 9 heteroatoms. The number of hydrogen-bond acceptors (Lipinski definition) is 5. The maximum atomic E-state index is 13.0. The highest BCUT2D eigenvalue weighted by Crippen LogP contribution is 2.23. The lowest BCUT2D eigenvalue weighted by atomic mass is 10.1. The van der Waals surface area contributed by atoms with E-state index in [0.29, 0.717) is 54.5 Å². The topological polar surface area (TPSA) is 89.9 Å². The Kier molecular flexibility index (Phi) is 7.26. The van der Waals surface area contributed by atoms with Crippen molar-refractivity contribution in [3.8, 4) is 5.75 Å². The number of fused-ring (bicyclic) bond motifs is 1. The van der Waals surface area contributed by atoms with Crippen LogP contribution in [0.3, 0.4) is 0 Å². The fourth-order valence-corrected chi connectivity index (χ4v) is 3.90. The molecule has 1 aliphatic rings. The van der Waals surface area contributed by atoms with E-state index in [-0.39, 0.29) is 24.6 Å². The van der Waals surface area contributed by atoms with Gasteiger partial charge in [-0.1, -0.05) is 41.9 Å². The van der Waals surface area contributed by atoms with Gasteiger partial charge in [0.15, 0.2) is 0 Å². The summed E-state index contributed by atoms with van der Waals surface area (Å²) in [5.41, 5.74) is 0.995. The van der Waals surface area contributed by atoms with Gasteiger partial charge < -0.3 is 24.3 Å². The maximum absolute atomic E-state index is 13.0. The highest BCUT2D eigenvalue weighted by Gasteiger charge is 2.27. The van der Waals surface area contributed by atoms with Crippen molar-refractivity contribution in [1.29, 1.82) is 0 Å². The molecule has 0 spiro atoms. The van der Waals surface area contributed by atoms with Crippen molar-refractivity contribution in [2.75, 3.05) is 39.5 Å². The summed E-state index contributed by atoms with van der Waals surface area (Å²) in [5, 5.41) is 3.94. The smallest absolute Gasteiger partial charge is 0.295 e. The monoisotopic (exact) mass is 469 g/mol. The van der Waals surface area contributed by atoms with Crippen LogP contribution in [-0.4, -0.2) is 66.5 Å². The molecule has 1 fully saturated rings. The minimum absolute atomic E-state index is 0.00559. The van der Waals surface area contributed by atoms with Gasteiger partial charge in [-0.25, -0.2) is 0 Å². The van der Waals surface area contributed by atoms with Crippen molar-refractivity contribution in [2.45, 2.75) is 6.54 Å². The fourth-order valence-electron chi connectivity index (χ4n) is 3.71. The molecule has 0 unspecified atom stereocenters. The van der Waals surface area contributed by atoms with E-state index >= 15 is 0 Å². The fraction of sp³-hybridized carbons (Fsp3) is 0.292. The number of ketones is 1. The molecule has 2 heterocycles. The van der Waals surface area contributed by atoms with E-state index in [1.54, 1.807) is 35.0 Å². The zero-order chi connectivity index (χ0) is 23.2. The highest BCUT2D eigenvalue weighted by atomic mass is 35.5. The van der Waals surface area contributed by atoms with E-state index in [0.717, 1.165) is 0 Å². The van der Waals surface area contributed by atoms with E-state index < -0.39 is 11.7 Å². The number of carbonyl (C=O) groups is 3. The van der Waals surface area contributed by atoms with Gasteiger partial charge in [-0.05, 0) is 18.2 Å². The quantitative estimate of drug-likeness (QED) is 0.311. The number of hydrogen-bond donors (Lipinski definition) is 1. The van der Waals surface area contributed by atoms with Crippen molar-refractivity contribution < 1.29 is 23.9 Å². The number of aromatic nitrogens is 1. The van der Waals surface area contributed by atoms with E-state index in [1.165, 1.54) is 4.90 Å². The third-order valence-electron chi connectivity index (χ3n) is 5.36. The van der Waals surface area contributed by atoms with Crippen LogP contribution in [0.1, 0.15) is 10.4 Å². The SMILES string of the molecule is O=C(Cn1cc(C(=O)C(=O)N2CCOCC2)c2ccccc21)NCCOc1ccccc1Cl. The molecular weight excluding hydrogens is 446 g/mol. The Balaban J connectivity index is 1.40.